The quantitative estimate of drug-likeness (QED) is 0.692. The zero-order valence-electron chi connectivity index (χ0n) is 9.67. The number of hydrogen-bond donors (Lipinski definition) is 2. The van der Waals surface area contributed by atoms with Crippen LogP contribution in [0.4, 0.5) is 0 Å². The van der Waals surface area contributed by atoms with Crippen LogP contribution in [0.5, 0.6) is 0 Å². The Morgan fingerprint density at radius 1 is 1.38 bits per heavy atom. The van der Waals surface area contributed by atoms with Gasteiger partial charge in [-0.2, -0.15) is 0 Å². The summed E-state index contributed by atoms with van der Waals surface area (Å²) in [4.78, 5) is 23.1. The van der Waals surface area contributed by atoms with Gasteiger partial charge in [-0.25, -0.2) is 0 Å². The van der Waals surface area contributed by atoms with Gasteiger partial charge in [0, 0.05) is 5.41 Å². The first-order valence-electron chi connectivity index (χ1n) is 5.44. The van der Waals surface area contributed by atoms with Crippen LogP contribution in [0, 0.1) is 16.2 Å². The van der Waals surface area contributed by atoms with Crippen molar-refractivity contribution in [1.29, 1.82) is 0 Å². The summed E-state index contributed by atoms with van der Waals surface area (Å²) < 4.78 is 0. The van der Waals surface area contributed by atoms with Crippen molar-refractivity contribution in [3.63, 3.8) is 0 Å². The Morgan fingerprint density at radius 3 is 2.25 bits per heavy atom. The van der Waals surface area contributed by atoms with Crippen molar-refractivity contribution in [1.82, 2.24) is 0 Å². The van der Waals surface area contributed by atoms with Crippen LogP contribution in [0.25, 0.3) is 0 Å². The number of amides is 1. The fourth-order valence-corrected chi connectivity index (χ4v) is 3.63. The molecule has 2 rings (SSSR count). The fraction of sp³-hybridized carbons (Fsp3) is 0.667. The molecule has 0 heterocycles. The molecule has 16 heavy (non-hydrogen) atoms. The van der Waals surface area contributed by atoms with Crippen LogP contribution < -0.4 is 5.73 Å². The maximum Gasteiger partial charge on any atom is 0.313 e. The van der Waals surface area contributed by atoms with Gasteiger partial charge in [0.1, 0.15) is 0 Å². The Hall–Kier alpha value is -1.32. The van der Waals surface area contributed by atoms with Crippen molar-refractivity contribution >= 4 is 11.9 Å². The minimum absolute atomic E-state index is 0.316. The molecular formula is C12H17NO3. The van der Waals surface area contributed by atoms with Crippen LogP contribution >= 0.6 is 0 Å². The minimum Gasteiger partial charge on any atom is -0.481 e. The Kier molecular flexibility index (Phi) is 1.87. The third-order valence-corrected chi connectivity index (χ3v) is 4.99. The fourth-order valence-electron chi connectivity index (χ4n) is 3.63. The van der Waals surface area contributed by atoms with E-state index in [9.17, 15) is 14.7 Å². The van der Waals surface area contributed by atoms with E-state index in [1.807, 2.05) is 13.8 Å². The van der Waals surface area contributed by atoms with Crippen molar-refractivity contribution in [2.24, 2.45) is 22.0 Å². The van der Waals surface area contributed by atoms with E-state index >= 15 is 0 Å². The van der Waals surface area contributed by atoms with Crippen LogP contribution in [-0.2, 0) is 9.59 Å². The van der Waals surface area contributed by atoms with Gasteiger partial charge in [-0.05, 0) is 19.3 Å². The van der Waals surface area contributed by atoms with Crippen LogP contribution in [-0.4, -0.2) is 17.0 Å². The van der Waals surface area contributed by atoms with Gasteiger partial charge in [-0.3, -0.25) is 9.59 Å². The number of hydrogen-bond acceptors (Lipinski definition) is 2. The summed E-state index contributed by atoms with van der Waals surface area (Å²) in [6.07, 6.45) is 1.35. The van der Waals surface area contributed by atoms with Gasteiger partial charge in [0.2, 0.25) is 5.91 Å². The molecule has 1 amide bonds. The molecule has 2 atom stereocenters. The molecule has 2 fully saturated rings. The van der Waals surface area contributed by atoms with Gasteiger partial charge in [0.05, 0.1) is 10.8 Å². The average molecular weight is 223 g/mol. The third-order valence-electron chi connectivity index (χ3n) is 4.99. The summed E-state index contributed by atoms with van der Waals surface area (Å²) in [5.41, 5.74) is 3.97. The molecule has 4 heteroatoms. The summed E-state index contributed by atoms with van der Waals surface area (Å²) in [5.74, 6) is -1.26. The zero-order chi connectivity index (χ0) is 12.4. The van der Waals surface area contributed by atoms with Gasteiger partial charge < -0.3 is 10.8 Å². The van der Waals surface area contributed by atoms with Crippen LogP contribution in [0.2, 0.25) is 0 Å². The van der Waals surface area contributed by atoms with Crippen molar-refractivity contribution < 1.29 is 14.7 Å². The first-order valence-corrected chi connectivity index (χ1v) is 5.44. The third kappa shape index (κ3) is 0.867. The highest BCUT2D eigenvalue weighted by Gasteiger charge is 2.71. The van der Waals surface area contributed by atoms with E-state index in [4.69, 9.17) is 5.73 Å². The van der Waals surface area contributed by atoms with Gasteiger partial charge in [-0.15, -0.1) is 0 Å². The van der Waals surface area contributed by atoms with E-state index in [2.05, 4.69) is 6.58 Å². The highest BCUT2D eigenvalue weighted by atomic mass is 16.4. The second-order valence-electron chi connectivity index (χ2n) is 5.61. The molecule has 0 aromatic heterocycles. The molecule has 0 unspecified atom stereocenters. The van der Waals surface area contributed by atoms with E-state index in [0.717, 1.165) is 0 Å². The normalized spacial score (nSPS) is 40.0. The van der Waals surface area contributed by atoms with E-state index in [1.54, 1.807) is 0 Å². The topological polar surface area (TPSA) is 80.4 Å². The molecule has 0 aromatic carbocycles. The summed E-state index contributed by atoms with van der Waals surface area (Å²) in [6, 6.07) is 0. The summed E-state index contributed by atoms with van der Waals surface area (Å²) in [6.45, 7) is 7.68. The number of aliphatic carboxylic acids is 1. The largest absolute Gasteiger partial charge is 0.481 e. The molecule has 0 aliphatic heterocycles. The lowest BCUT2D eigenvalue weighted by Crippen LogP contribution is -2.45. The first-order chi connectivity index (χ1) is 7.21. The van der Waals surface area contributed by atoms with E-state index in [0.29, 0.717) is 24.8 Å². The molecule has 4 nitrogen and oxygen atoms in total. The lowest BCUT2D eigenvalue weighted by Gasteiger charge is -2.41. The number of primary amides is 1. The first kappa shape index (κ1) is 11.2. The molecule has 2 saturated carbocycles. The van der Waals surface area contributed by atoms with Crippen molar-refractivity contribution in [3.05, 3.63) is 12.2 Å². The maximum atomic E-state index is 11.7. The van der Waals surface area contributed by atoms with Crippen LogP contribution in [0.3, 0.4) is 0 Å². The molecule has 0 radical (unpaired) electrons. The molecule has 2 aliphatic carbocycles. The summed E-state index contributed by atoms with van der Waals surface area (Å²) in [5, 5.41) is 9.38. The summed E-state index contributed by atoms with van der Waals surface area (Å²) in [7, 11) is 0. The van der Waals surface area contributed by atoms with Crippen molar-refractivity contribution in [2.75, 3.05) is 0 Å². The molecule has 0 aromatic rings. The smallest absolute Gasteiger partial charge is 0.313 e. The lowest BCUT2D eigenvalue weighted by atomic mass is 9.61. The van der Waals surface area contributed by atoms with E-state index in [1.165, 1.54) is 0 Å². The van der Waals surface area contributed by atoms with E-state index in [-0.39, 0.29) is 5.91 Å². The van der Waals surface area contributed by atoms with Gasteiger partial charge in [-0.1, -0.05) is 26.0 Å². The number of carbonyl (C=O) groups excluding carboxylic acids is 1. The number of carboxylic acids is 1. The second-order valence-corrected chi connectivity index (χ2v) is 5.61. The Labute approximate surface area is 94.5 Å². The predicted molar refractivity (Wildman–Crippen MR) is 58.5 cm³/mol. The molecule has 3 N–H and O–H groups in total. The number of rotatable bonds is 2. The van der Waals surface area contributed by atoms with E-state index < -0.39 is 22.2 Å². The lowest BCUT2D eigenvalue weighted by molar-refractivity contribution is -0.146. The summed E-state index contributed by atoms with van der Waals surface area (Å²) >= 11 is 0. The standard InChI is InChI=1S/C12H17NO3/c1-7-10(2,3)12(8(13)14)5-4-11(7,6-12)9(15)16/h1,4-6H2,2-3H3,(H2,13,14)(H,15,16)/t11-,12+/m1/s1. The molecule has 88 valence electrons. The maximum absolute atomic E-state index is 11.7. The van der Waals surface area contributed by atoms with Crippen molar-refractivity contribution in [3.8, 4) is 0 Å². The Balaban J connectivity index is 2.61. The van der Waals surface area contributed by atoms with Crippen LogP contribution in [0.1, 0.15) is 33.1 Å². The Morgan fingerprint density at radius 2 is 1.94 bits per heavy atom. The number of carboxylic acid groups (broad SMARTS) is 1. The predicted octanol–water partition coefficient (Wildman–Crippen LogP) is 1.31. The monoisotopic (exact) mass is 223 g/mol. The highest BCUT2D eigenvalue weighted by molar-refractivity contribution is 5.90. The SMILES string of the molecule is C=C1C(C)(C)[C@@]2(C(N)=O)CC[C@@]1(C(=O)O)C2. The van der Waals surface area contributed by atoms with Gasteiger partial charge in [0.25, 0.3) is 0 Å². The molecular weight excluding hydrogens is 206 g/mol. The van der Waals surface area contributed by atoms with Gasteiger partial charge in [0.15, 0.2) is 0 Å². The number of nitrogens with two attached hydrogens (primary N) is 1. The molecule has 0 saturated heterocycles. The van der Waals surface area contributed by atoms with Crippen LogP contribution in [0.15, 0.2) is 12.2 Å². The number of carbonyl (C=O) groups is 2. The minimum atomic E-state index is -0.932. The molecule has 2 bridgehead atoms. The molecule has 0 spiro atoms. The Bertz CT molecular complexity index is 412. The van der Waals surface area contributed by atoms with Gasteiger partial charge >= 0.3 is 5.97 Å². The zero-order valence-corrected chi connectivity index (χ0v) is 9.67. The highest BCUT2D eigenvalue weighted by Crippen LogP contribution is 2.72. The molecule has 2 aliphatic rings. The van der Waals surface area contributed by atoms with Crippen molar-refractivity contribution in [2.45, 2.75) is 33.1 Å². The number of fused-ring (bicyclic) bond motifs is 2. The average Bonchev–Trinajstić information content (AvgIpc) is 2.64. The second kappa shape index (κ2) is 2.67.